The van der Waals surface area contributed by atoms with Crippen molar-refractivity contribution in [1.82, 2.24) is 0 Å². The van der Waals surface area contributed by atoms with Crippen LogP contribution in [0.25, 0.3) is 0 Å². The van der Waals surface area contributed by atoms with Gasteiger partial charge in [0.1, 0.15) is 5.75 Å². The number of benzene rings is 1. The van der Waals surface area contributed by atoms with Gasteiger partial charge in [-0.25, -0.2) is 9.18 Å². The highest BCUT2D eigenvalue weighted by molar-refractivity contribution is 6.30. The SMILES string of the molecule is COC(=O)C(O)c1c(O)ccc(Cl)c1F. The molecule has 0 aromatic heterocycles. The minimum absolute atomic E-state index is 0.300. The van der Waals surface area contributed by atoms with E-state index in [-0.39, 0.29) is 5.02 Å². The molecule has 0 aliphatic carbocycles. The molecule has 1 atom stereocenters. The molecule has 0 amide bonds. The van der Waals surface area contributed by atoms with Crippen molar-refractivity contribution in [2.24, 2.45) is 0 Å². The maximum atomic E-state index is 13.3. The first-order valence-electron chi connectivity index (χ1n) is 3.91. The van der Waals surface area contributed by atoms with E-state index in [2.05, 4.69) is 4.74 Å². The lowest BCUT2D eigenvalue weighted by Crippen LogP contribution is -2.15. The van der Waals surface area contributed by atoms with E-state index in [0.29, 0.717) is 0 Å². The number of aliphatic hydroxyl groups excluding tert-OH is 1. The van der Waals surface area contributed by atoms with Gasteiger partial charge in [0.05, 0.1) is 17.7 Å². The Hall–Kier alpha value is -1.33. The van der Waals surface area contributed by atoms with Crippen molar-refractivity contribution < 1.29 is 24.1 Å². The number of aromatic hydroxyl groups is 1. The Morgan fingerprint density at radius 3 is 2.73 bits per heavy atom. The molecule has 1 rings (SSSR count). The molecule has 0 radical (unpaired) electrons. The van der Waals surface area contributed by atoms with E-state index in [1.54, 1.807) is 0 Å². The third-order valence-electron chi connectivity index (χ3n) is 1.81. The Balaban J connectivity index is 3.24. The van der Waals surface area contributed by atoms with Crippen LogP contribution in [0.1, 0.15) is 11.7 Å². The average molecular weight is 235 g/mol. The summed E-state index contributed by atoms with van der Waals surface area (Å²) in [5.41, 5.74) is -0.589. The normalized spacial score (nSPS) is 12.3. The van der Waals surface area contributed by atoms with E-state index in [9.17, 15) is 19.4 Å². The second-order valence-corrected chi connectivity index (χ2v) is 3.13. The molecule has 1 aromatic carbocycles. The molecule has 82 valence electrons. The number of ether oxygens (including phenoxy) is 1. The lowest BCUT2D eigenvalue weighted by molar-refractivity contribution is -0.151. The lowest BCUT2D eigenvalue weighted by Gasteiger charge is -2.11. The van der Waals surface area contributed by atoms with E-state index in [1.807, 2.05) is 0 Å². The molecule has 0 aliphatic rings. The summed E-state index contributed by atoms with van der Waals surface area (Å²) in [4.78, 5) is 10.9. The van der Waals surface area contributed by atoms with Crippen LogP contribution in [-0.2, 0) is 9.53 Å². The van der Waals surface area contributed by atoms with Crippen molar-refractivity contribution in [2.75, 3.05) is 7.11 Å². The number of phenolic OH excluding ortho intramolecular Hbond substituents is 1. The molecule has 15 heavy (non-hydrogen) atoms. The Morgan fingerprint density at radius 2 is 2.20 bits per heavy atom. The lowest BCUT2D eigenvalue weighted by atomic mass is 10.1. The van der Waals surface area contributed by atoms with Gasteiger partial charge in [0.25, 0.3) is 0 Å². The number of rotatable bonds is 2. The van der Waals surface area contributed by atoms with Gasteiger partial charge >= 0.3 is 5.97 Å². The van der Waals surface area contributed by atoms with Gasteiger partial charge < -0.3 is 14.9 Å². The van der Waals surface area contributed by atoms with Crippen molar-refractivity contribution in [3.05, 3.63) is 28.5 Å². The highest BCUT2D eigenvalue weighted by atomic mass is 35.5. The van der Waals surface area contributed by atoms with Crippen LogP contribution in [0.3, 0.4) is 0 Å². The van der Waals surface area contributed by atoms with E-state index in [4.69, 9.17) is 11.6 Å². The fourth-order valence-electron chi connectivity index (χ4n) is 1.05. The monoisotopic (exact) mass is 234 g/mol. The molecule has 0 heterocycles. The van der Waals surface area contributed by atoms with E-state index >= 15 is 0 Å². The number of aliphatic hydroxyl groups is 1. The van der Waals surface area contributed by atoms with E-state index in [1.165, 1.54) is 0 Å². The first-order valence-corrected chi connectivity index (χ1v) is 4.29. The van der Waals surface area contributed by atoms with Crippen molar-refractivity contribution in [1.29, 1.82) is 0 Å². The number of esters is 1. The van der Waals surface area contributed by atoms with Crippen molar-refractivity contribution >= 4 is 17.6 Å². The van der Waals surface area contributed by atoms with Gasteiger partial charge in [-0.1, -0.05) is 11.6 Å². The number of carbonyl (C=O) groups is 1. The second-order valence-electron chi connectivity index (χ2n) is 2.72. The third-order valence-corrected chi connectivity index (χ3v) is 2.10. The Morgan fingerprint density at radius 1 is 1.60 bits per heavy atom. The summed E-state index contributed by atoms with van der Waals surface area (Å²) in [6.45, 7) is 0. The van der Waals surface area contributed by atoms with Crippen LogP contribution in [0, 0.1) is 5.82 Å². The van der Waals surface area contributed by atoms with Gasteiger partial charge in [0.2, 0.25) is 0 Å². The summed E-state index contributed by atoms with van der Waals surface area (Å²) in [6, 6.07) is 2.19. The molecule has 0 spiro atoms. The molecule has 1 unspecified atom stereocenters. The predicted octanol–water partition coefficient (Wildman–Crippen LogP) is 1.39. The summed E-state index contributed by atoms with van der Waals surface area (Å²) in [5, 5.41) is 18.3. The number of hydrogen-bond acceptors (Lipinski definition) is 4. The molecule has 0 saturated carbocycles. The zero-order chi connectivity index (χ0) is 11.6. The fourth-order valence-corrected chi connectivity index (χ4v) is 1.21. The summed E-state index contributed by atoms with van der Waals surface area (Å²) in [7, 11) is 1.03. The van der Waals surface area contributed by atoms with E-state index in [0.717, 1.165) is 19.2 Å². The number of methoxy groups -OCH3 is 1. The summed E-state index contributed by atoms with van der Waals surface area (Å²) in [6.07, 6.45) is -1.89. The zero-order valence-corrected chi connectivity index (χ0v) is 8.45. The Labute approximate surface area is 89.9 Å². The Kier molecular flexibility index (Phi) is 3.49. The van der Waals surface area contributed by atoms with Crippen molar-refractivity contribution in [3.63, 3.8) is 0 Å². The fraction of sp³-hybridized carbons (Fsp3) is 0.222. The summed E-state index contributed by atoms with van der Waals surface area (Å²) >= 11 is 5.43. The minimum Gasteiger partial charge on any atom is -0.507 e. The van der Waals surface area contributed by atoms with Gasteiger partial charge in [0, 0.05) is 0 Å². The van der Waals surface area contributed by atoms with Crippen LogP contribution >= 0.6 is 11.6 Å². The quantitative estimate of drug-likeness (QED) is 0.759. The molecule has 0 saturated heterocycles. The average Bonchev–Trinajstić information content (AvgIpc) is 2.22. The first-order chi connectivity index (χ1) is 6.99. The van der Waals surface area contributed by atoms with Crippen LogP contribution in [-0.4, -0.2) is 23.3 Å². The van der Waals surface area contributed by atoms with Gasteiger partial charge in [-0.3, -0.25) is 0 Å². The number of carbonyl (C=O) groups excluding carboxylic acids is 1. The van der Waals surface area contributed by atoms with Crippen LogP contribution in [0.5, 0.6) is 5.75 Å². The first kappa shape index (κ1) is 11.7. The van der Waals surface area contributed by atoms with Crippen LogP contribution in [0.15, 0.2) is 12.1 Å². The number of phenols is 1. The topological polar surface area (TPSA) is 66.8 Å². The molecule has 4 nitrogen and oxygen atoms in total. The zero-order valence-electron chi connectivity index (χ0n) is 7.70. The van der Waals surface area contributed by atoms with Gasteiger partial charge in [-0.2, -0.15) is 0 Å². The standard InChI is InChI=1S/C9H8ClFO4/c1-15-9(14)8(13)6-5(12)3-2-4(10)7(6)11/h2-3,8,12-13H,1H3. The molecule has 0 fully saturated rings. The number of hydrogen-bond donors (Lipinski definition) is 2. The predicted molar refractivity (Wildman–Crippen MR) is 50.1 cm³/mol. The largest absolute Gasteiger partial charge is 0.507 e. The van der Waals surface area contributed by atoms with E-state index < -0.39 is 29.2 Å². The highest BCUT2D eigenvalue weighted by Crippen LogP contribution is 2.31. The van der Waals surface area contributed by atoms with Gasteiger partial charge in [0.15, 0.2) is 11.9 Å². The molecule has 0 aliphatic heterocycles. The molecule has 1 aromatic rings. The maximum absolute atomic E-state index is 13.3. The number of halogens is 2. The molecule has 2 N–H and O–H groups in total. The molecular formula is C9H8ClFO4. The third kappa shape index (κ3) is 2.19. The van der Waals surface area contributed by atoms with Crippen molar-refractivity contribution in [2.45, 2.75) is 6.10 Å². The van der Waals surface area contributed by atoms with Crippen LogP contribution < -0.4 is 0 Å². The highest BCUT2D eigenvalue weighted by Gasteiger charge is 2.26. The van der Waals surface area contributed by atoms with Gasteiger partial charge in [-0.15, -0.1) is 0 Å². The summed E-state index contributed by atoms with van der Waals surface area (Å²) in [5.74, 6) is -2.68. The molecule has 6 heteroatoms. The molecular weight excluding hydrogens is 227 g/mol. The minimum atomic E-state index is -1.89. The summed E-state index contributed by atoms with van der Waals surface area (Å²) < 4.78 is 17.6. The van der Waals surface area contributed by atoms with Crippen LogP contribution in [0.4, 0.5) is 4.39 Å². The maximum Gasteiger partial charge on any atom is 0.339 e. The van der Waals surface area contributed by atoms with Crippen molar-refractivity contribution in [3.8, 4) is 5.75 Å². The Bertz CT molecular complexity index is 394. The van der Waals surface area contributed by atoms with Crippen LogP contribution in [0.2, 0.25) is 5.02 Å². The smallest absolute Gasteiger partial charge is 0.339 e. The second kappa shape index (κ2) is 4.46. The van der Waals surface area contributed by atoms with Gasteiger partial charge in [-0.05, 0) is 12.1 Å². The molecule has 0 bridgehead atoms.